The van der Waals surface area contributed by atoms with Crippen molar-refractivity contribution in [1.82, 2.24) is 0 Å². The monoisotopic (exact) mass is 511 g/mol. The second-order valence-electron chi connectivity index (χ2n) is 7.70. The molecule has 0 fully saturated rings. The number of rotatable bonds is 7. The van der Waals surface area contributed by atoms with Gasteiger partial charge < -0.3 is 10.1 Å². The molecule has 0 aliphatic heterocycles. The van der Waals surface area contributed by atoms with Crippen LogP contribution >= 0.6 is 11.3 Å². The smallest absolute Gasteiger partial charge is 0.271 e. The highest BCUT2D eigenvalue weighted by atomic mass is 32.2. The number of ether oxygens (including phenoxy) is 1. The summed E-state index contributed by atoms with van der Waals surface area (Å²) in [6, 6.07) is 17.1. The number of carbonyl (C=O) groups excluding carboxylic acids is 1. The fraction of sp³-hybridized carbons (Fsp3) is 0.125. The van der Waals surface area contributed by atoms with Crippen LogP contribution in [0.25, 0.3) is 10.1 Å². The minimum atomic E-state index is -3.82. The first-order valence-electron chi connectivity index (χ1n) is 10.3. The van der Waals surface area contributed by atoms with E-state index < -0.39 is 20.9 Å². The molecule has 0 atom stereocenters. The fourth-order valence-corrected chi connectivity index (χ4v) is 5.75. The largest absolute Gasteiger partial charge is 0.496 e. The maximum Gasteiger partial charge on any atom is 0.271 e. The maximum absolute atomic E-state index is 13.2. The van der Waals surface area contributed by atoms with Gasteiger partial charge in [0.1, 0.15) is 5.75 Å². The summed E-state index contributed by atoms with van der Waals surface area (Å²) < 4.78 is 33.6. The lowest BCUT2D eigenvalue weighted by Gasteiger charge is -2.20. The number of hydrogen-bond acceptors (Lipinski definition) is 7. The number of nitrogens with zero attached hydrogens (tertiary/aromatic N) is 2. The molecule has 1 aromatic heterocycles. The number of amides is 1. The van der Waals surface area contributed by atoms with E-state index in [9.17, 15) is 23.3 Å². The van der Waals surface area contributed by atoms with Crippen molar-refractivity contribution in [3.8, 4) is 5.75 Å². The zero-order chi connectivity index (χ0) is 25.3. The third-order valence-corrected chi connectivity index (χ3v) is 8.32. The van der Waals surface area contributed by atoms with E-state index >= 15 is 0 Å². The number of nitro groups is 1. The molecule has 0 saturated heterocycles. The topological polar surface area (TPSA) is 119 Å². The molecule has 4 rings (SSSR count). The highest BCUT2D eigenvalue weighted by Gasteiger charge is 2.23. The number of aryl methyl sites for hydroxylation is 1. The Morgan fingerprint density at radius 1 is 1.09 bits per heavy atom. The Balaban J connectivity index is 1.59. The first kappa shape index (κ1) is 24.2. The van der Waals surface area contributed by atoms with Crippen molar-refractivity contribution in [3.63, 3.8) is 0 Å². The van der Waals surface area contributed by atoms with Crippen molar-refractivity contribution in [2.24, 2.45) is 0 Å². The Hall–Kier alpha value is -3.96. The van der Waals surface area contributed by atoms with Crippen LogP contribution in [0.1, 0.15) is 15.2 Å². The number of nitro benzene ring substituents is 1. The fourth-order valence-electron chi connectivity index (χ4n) is 3.54. The molecule has 0 aliphatic carbocycles. The van der Waals surface area contributed by atoms with E-state index in [4.69, 9.17) is 4.74 Å². The lowest BCUT2D eigenvalue weighted by atomic mass is 10.2. The Bertz CT molecular complexity index is 1560. The lowest BCUT2D eigenvalue weighted by molar-refractivity contribution is -0.384. The lowest BCUT2D eigenvalue weighted by Crippen LogP contribution is -2.26. The number of carbonyl (C=O) groups is 1. The van der Waals surface area contributed by atoms with Crippen LogP contribution in [-0.4, -0.2) is 33.4 Å². The van der Waals surface area contributed by atoms with Gasteiger partial charge in [-0.25, -0.2) is 8.42 Å². The molecule has 9 nitrogen and oxygen atoms in total. The van der Waals surface area contributed by atoms with Crippen LogP contribution in [-0.2, 0) is 10.0 Å². The molecular formula is C24H21N3O6S2. The predicted molar refractivity (Wildman–Crippen MR) is 136 cm³/mol. The Morgan fingerprint density at radius 3 is 2.54 bits per heavy atom. The number of sulfonamides is 1. The van der Waals surface area contributed by atoms with Crippen LogP contribution in [0.3, 0.4) is 0 Å². The van der Waals surface area contributed by atoms with Crippen LogP contribution in [0.5, 0.6) is 5.75 Å². The number of anilines is 2. The molecule has 0 radical (unpaired) electrons. The Morgan fingerprint density at radius 2 is 1.86 bits per heavy atom. The van der Waals surface area contributed by atoms with Crippen LogP contribution in [0.4, 0.5) is 17.1 Å². The number of non-ortho nitro benzene ring substituents is 1. The third-order valence-electron chi connectivity index (χ3n) is 5.43. The minimum Gasteiger partial charge on any atom is -0.496 e. The highest BCUT2D eigenvalue weighted by Crippen LogP contribution is 2.32. The number of nitrogens with one attached hydrogen (secondary N) is 1. The van der Waals surface area contributed by atoms with Gasteiger partial charge in [-0.1, -0.05) is 6.07 Å². The Labute approximate surface area is 205 Å². The molecule has 35 heavy (non-hydrogen) atoms. The van der Waals surface area contributed by atoms with Crippen LogP contribution in [0.2, 0.25) is 0 Å². The van der Waals surface area contributed by atoms with Gasteiger partial charge in [-0.2, -0.15) is 0 Å². The van der Waals surface area contributed by atoms with E-state index in [2.05, 4.69) is 5.32 Å². The van der Waals surface area contributed by atoms with E-state index in [1.807, 2.05) is 0 Å². The van der Waals surface area contributed by atoms with Crippen molar-refractivity contribution >= 4 is 54.4 Å². The van der Waals surface area contributed by atoms with Gasteiger partial charge in [-0.05, 0) is 66.4 Å². The van der Waals surface area contributed by atoms with Gasteiger partial charge in [-0.15, -0.1) is 11.3 Å². The zero-order valence-electron chi connectivity index (χ0n) is 19.0. The number of thiophene rings is 1. The molecule has 1 heterocycles. The van der Waals surface area contributed by atoms with Gasteiger partial charge in [0.15, 0.2) is 0 Å². The van der Waals surface area contributed by atoms with Crippen LogP contribution < -0.4 is 14.4 Å². The average molecular weight is 512 g/mol. The SMILES string of the molecule is COc1ccc(S(=O)(=O)N(C)c2ccc3sc(C(=O)Nc4cccc([N+](=O)[O-])c4)cc3c2)cc1C. The molecule has 0 saturated carbocycles. The quantitative estimate of drug-likeness (QED) is 0.269. The molecule has 0 aliphatic rings. The number of benzene rings is 3. The Kier molecular flexibility index (Phi) is 6.46. The number of fused-ring (bicyclic) bond motifs is 1. The second kappa shape index (κ2) is 9.35. The van der Waals surface area contributed by atoms with E-state index in [1.54, 1.807) is 49.4 Å². The average Bonchev–Trinajstić information content (AvgIpc) is 3.27. The van der Waals surface area contributed by atoms with Crippen LogP contribution in [0.15, 0.2) is 71.6 Å². The summed E-state index contributed by atoms with van der Waals surface area (Å²) in [6.07, 6.45) is 0. The van der Waals surface area contributed by atoms with Gasteiger partial charge in [0, 0.05) is 29.6 Å². The summed E-state index contributed by atoms with van der Waals surface area (Å²) in [5.74, 6) is 0.185. The summed E-state index contributed by atoms with van der Waals surface area (Å²) in [4.78, 5) is 23.7. The second-order valence-corrected chi connectivity index (χ2v) is 10.8. The predicted octanol–water partition coefficient (Wildman–Crippen LogP) is 5.20. The molecule has 0 unspecified atom stereocenters. The van der Waals surface area contributed by atoms with Gasteiger partial charge in [0.25, 0.3) is 21.6 Å². The number of hydrogen-bond donors (Lipinski definition) is 1. The van der Waals surface area contributed by atoms with Crippen molar-refractivity contribution in [2.45, 2.75) is 11.8 Å². The molecular weight excluding hydrogens is 490 g/mol. The summed E-state index contributed by atoms with van der Waals surface area (Å²) in [7, 11) is -0.827. The summed E-state index contributed by atoms with van der Waals surface area (Å²) in [5.41, 5.74) is 1.33. The molecule has 3 aromatic carbocycles. The molecule has 180 valence electrons. The molecule has 1 amide bonds. The van der Waals surface area contributed by atoms with Crippen LogP contribution in [0, 0.1) is 17.0 Å². The standard InChI is InChI=1S/C24H21N3O6S2/c1-15-11-20(8-9-21(15)33-3)35(31,32)26(2)18-7-10-22-16(12-18)13-23(34-22)24(28)25-17-5-4-6-19(14-17)27(29)30/h4-14H,1-3H3,(H,25,28). The summed E-state index contributed by atoms with van der Waals surface area (Å²) in [5, 5.41) is 14.3. The summed E-state index contributed by atoms with van der Waals surface area (Å²) in [6.45, 7) is 1.77. The van der Waals surface area contributed by atoms with E-state index in [-0.39, 0.29) is 10.6 Å². The first-order valence-corrected chi connectivity index (χ1v) is 12.6. The molecule has 4 aromatic rings. The molecule has 11 heteroatoms. The first-order chi connectivity index (χ1) is 16.6. The minimum absolute atomic E-state index is 0.125. The zero-order valence-corrected chi connectivity index (χ0v) is 20.6. The molecule has 1 N–H and O–H groups in total. The maximum atomic E-state index is 13.2. The van der Waals surface area contributed by atoms with E-state index in [1.165, 1.54) is 54.1 Å². The van der Waals surface area contributed by atoms with Gasteiger partial charge in [-0.3, -0.25) is 19.2 Å². The third kappa shape index (κ3) is 4.81. The number of methoxy groups -OCH3 is 1. The highest BCUT2D eigenvalue weighted by molar-refractivity contribution is 7.92. The van der Waals surface area contributed by atoms with Crippen molar-refractivity contribution in [2.75, 3.05) is 23.8 Å². The molecule has 0 bridgehead atoms. The van der Waals surface area contributed by atoms with Gasteiger partial charge >= 0.3 is 0 Å². The van der Waals surface area contributed by atoms with E-state index in [0.717, 1.165) is 4.70 Å². The van der Waals surface area contributed by atoms with Crippen molar-refractivity contribution < 1.29 is 22.9 Å². The summed E-state index contributed by atoms with van der Waals surface area (Å²) >= 11 is 1.24. The molecule has 0 spiro atoms. The normalized spacial score (nSPS) is 11.3. The van der Waals surface area contributed by atoms with Crippen molar-refractivity contribution in [3.05, 3.63) is 87.3 Å². The van der Waals surface area contributed by atoms with Gasteiger partial charge in [0.2, 0.25) is 0 Å². The van der Waals surface area contributed by atoms with Gasteiger partial charge in [0.05, 0.1) is 27.5 Å². The van der Waals surface area contributed by atoms with Crippen molar-refractivity contribution in [1.29, 1.82) is 0 Å². The van der Waals surface area contributed by atoms with E-state index in [0.29, 0.717) is 33.0 Å².